The number of hydrogen-bond donors (Lipinski definition) is 0. The lowest BCUT2D eigenvalue weighted by molar-refractivity contribution is -0.385. The van der Waals surface area contributed by atoms with Crippen molar-refractivity contribution in [2.75, 3.05) is 6.61 Å². The Morgan fingerprint density at radius 3 is 2.48 bits per heavy atom. The maximum atomic E-state index is 11.3. The van der Waals surface area contributed by atoms with E-state index in [2.05, 4.69) is 15.2 Å². The number of benzene rings is 2. The van der Waals surface area contributed by atoms with Crippen molar-refractivity contribution in [1.82, 2.24) is 19.7 Å². The summed E-state index contributed by atoms with van der Waals surface area (Å²) in [5, 5.41) is 20.7. The largest absolute Gasteiger partial charge is 0.494 e. The summed E-state index contributed by atoms with van der Waals surface area (Å²) < 4.78 is 7.48. The van der Waals surface area contributed by atoms with Gasteiger partial charge in [0.25, 0.3) is 5.69 Å². The molecule has 0 aliphatic carbocycles. The van der Waals surface area contributed by atoms with Crippen LogP contribution in [0, 0.1) is 10.1 Å². The summed E-state index contributed by atoms with van der Waals surface area (Å²) >= 11 is 1.39. The number of hydrogen-bond acceptors (Lipinski definition) is 7. The van der Waals surface area contributed by atoms with E-state index < -0.39 is 0 Å². The van der Waals surface area contributed by atoms with E-state index in [-0.39, 0.29) is 10.6 Å². The molecule has 0 aliphatic heterocycles. The monoisotopic (exact) mass is 433 g/mol. The van der Waals surface area contributed by atoms with Gasteiger partial charge in [-0.1, -0.05) is 30.0 Å². The van der Waals surface area contributed by atoms with Crippen molar-refractivity contribution in [3.8, 4) is 22.8 Å². The molecule has 0 saturated carbocycles. The Hall–Kier alpha value is -3.72. The van der Waals surface area contributed by atoms with Crippen LogP contribution in [0.1, 0.15) is 12.5 Å². The lowest BCUT2D eigenvalue weighted by Gasteiger charge is -2.11. The van der Waals surface area contributed by atoms with Gasteiger partial charge in [0, 0.05) is 41.0 Å². The molecular weight excluding hydrogens is 414 g/mol. The van der Waals surface area contributed by atoms with Gasteiger partial charge in [-0.05, 0) is 43.3 Å². The van der Waals surface area contributed by atoms with E-state index in [0.717, 1.165) is 17.0 Å². The van der Waals surface area contributed by atoms with E-state index in [4.69, 9.17) is 4.74 Å². The number of pyridine rings is 1. The van der Waals surface area contributed by atoms with Crippen LogP contribution in [0.2, 0.25) is 0 Å². The number of nitro benzene ring substituents is 1. The molecule has 2 aromatic carbocycles. The predicted octanol–water partition coefficient (Wildman–Crippen LogP) is 4.93. The Balaban J connectivity index is 1.71. The first kappa shape index (κ1) is 20.5. The molecule has 2 heterocycles. The molecule has 4 rings (SSSR count). The molecule has 0 radical (unpaired) electrons. The Kier molecular flexibility index (Phi) is 6.23. The molecule has 0 amide bonds. The van der Waals surface area contributed by atoms with Gasteiger partial charge >= 0.3 is 0 Å². The predicted molar refractivity (Wildman–Crippen MR) is 118 cm³/mol. The molecule has 0 aliphatic rings. The fraction of sp³-hybridized carbons (Fsp3) is 0.136. The van der Waals surface area contributed by atoms with Crippen molar-refractivity contribution in [3.05, 3.63) is 88.7 Å². The van der Waals surface area contributed by atoms with Gasteiger partial charge in [0.05, 0.1) is 11.5 Å². The SMILES string of the molecule is CCOc1ccc(-n2c(SCc3ccccc3[N+](=O)[O-])nnc2-c2ccncc2)cc1. The highest BCUT2D eigenvalue weighted by molar-refractivity contribution is 7.98. The first-order valence-corrected chi connectivity index (χ1v) is 10.6. The van der Waals surface area contributed by atoms with Gasteiger partial charge in [0.1, 0.15) is 5.75 Å². The van der Waals surface area contributed by atoms with Crippen LogP contribution >= 0.6 is 11.8 Å². The smallest absolute Gasteiger partial charge is 0.273 e. The zero-order valence-corrected chi connectivity index (χ0v) is 17.5. The number of aromatic nitrogens is 4. The van der Waals surface area contributed by atoms with Crippen LogP contribution in [0.5, 0.6) is 5.75 Å². The number of nitro groups is 1. The third-order valence-corrected chi connectivity index (χ3v) is 5.50. The normalized spacial score (nSPS) is 10.7. The van der Waals surface area contributed by atoms with Crippen molar-refractivity contribution >= 4 is 17.4 Å². The summed E-state index contributed by atoms with van der Waals surface area (Å²) in [5.41, 5.74) is 2.46. The molecule has 0 atom stereocenters. The molecule has 0 N–H and O–H groups in total. The standard InChI is InChI=1S/C22H19N5O3S/c1-2-30-19-9-7-18(8-10-19)26-21(16-11-13-23-14-12-16)24-25-22(26)31-15-17-5-3-4-6-20(17)27(28)29/h3-14H,2,15H2,1H3. The van der Waals surface area contributed by atoms with Crippen molar-refractivity contribution < 1.29 is 9.66 Å². The van der Waals surface area contributed by atoms with E-state index in [1.54, 1.807) is 30.6 Å². The first-order valence-electron chi connectivity index (χ1n) is 9.61. The molecule has 0 spiro atoms. The van der Waals surface area contributed by atoms with E-state index in [1.165, 1.54) is 17.8 Å². The van der Waals surface area contributed by atoms with E-state index in [0.29, 0.717) is 28.9 Å². The molecule has 0 saturated heterocycles. The Morgan fingerprint density at radius 2 is 1.77 bits per heavy atom. The third kappa shape index (κ3) is 4.56. The average Bonchev–Trinajstić information content (AvgIpc) is 3.23. The molecule has 4 aromatic rings. The summed E-state index contributed by atoms with van der Waals surface area (Å²) in [6.07, 6.45) is 3.40. The molecule has 0 unspecified atom stereocenters. The summed E-state index contributed by atoms with van der Waals surface area (Å²) in [6.45, 7) is 2.53. The van der Waals surface area contributed by atoms with Crippen molar-refractivity contribution in [2.45, 2.75) is 17.8 Å². The minimum absolute atomic E-state index is 0.0940. The number of thioether (sulfide) groups is 1. The minimum Gasteiger partial charge on any atom is -0.494 e. The Bertz CT molecular complexity index is 1180. The second kappa shape index (κ2) is 9.40. The summed E-state index contributed by atoms with van der Waals surface area (Å²) in [6, 6.07) is 18.1. The van der Waals surface area contributed by atoms with Gasteiger partial charge in [0.15, 0.2) is 11.0 Å². The van der Waals surface area contributed by atoms with Gasteiger partial charge in [-0.15, -0.1) is 10.2 Å². The second-order valence-electron chi connectivity index (χ2n) is 6.48. The molecule has 8 nitrogen and oxygen atoms in total. The lowest BCUT2D eigenvalue weighted by Crippen LogP contribution is -2.01. The molecule has 31 heavy (non-hydrogen) atoms. The molecular formula is C22H19N5O3S. The average molecular weight is 433 g/mol. The fourth-order valence-electron chi connectivity index (χ4n) is 3.10. The molecule has 2 aromatic heterocycles. The molecule has 0 bridgehead atoms. The van der Waals surface area contributed by atoms with E-state index >= 15 is 0 Å². The second-order valence-corrected chi connectivity index (χ2v) is 7.42. The molecule has 9 heteroatoms. The molecule has 156 valence electrons. The third-order valence-electron chi connectivity index (χ3n) is 4.52. The van der Waals surface area contributed by atoms with Crippen LogP contribution in [-0.4, -0.2) is 31.3 Å². The van der Waals surface area contributed by atoms with Crippen LogP contribution in [-0.2, 0) is 5.75 Å². The Morgan fingerprint density at radius 1 is 1.03 bits per heavy atom. The van der Waals surface area contributed by atoms with Crippen molar-refractivity contribution in [3.63, 3.8) is 0 Å². The van der Waals surface area contributed by atoms with Crippen molar-refractivity contribution in [1.29, 1.82) is 0 Å². The number of para-hydroxylation sites is 1. The highest BCUT2D eigenvalue weighted by Crippen LogP contribution is 2.32. The van der Waals surface area contributed by atoms with E-state index in [9.17, 15) is 10.1 Å². The quantitative estimate of drug-likeness (QED) is 0.221. The summed E-state index contributed by atoms with van der Waals surface area (Å²) in [7, 11) is 0. The van der Waals surface area contributed by atoms with Gasteiger partial charge in [0.2, 0.25) is 0 Å². The number of rotatable bonds is 8. The highest BCUT2D eigenvalue weighted by atomic mass is 32.2. The van der Waals surface area contributed by atoms with Crippen LogP contribution in [0.25, 0.3) is 17.1 Å². The zero-order valence-electron chi connectivity index (χ0n) is 16.7. The van der Waals surface area contributed by atoms with Gasteiger partial charge in [-0.25, -0.2) is 0 Å². The fourth-order valence-corrected chi connectivity index (χ4v) is 4.04. The lowest BCUT2D eigenvalue weighted by atomic mass is 10.2. The van der Waals surface area contributed by atoms with Crippen LogP contribution < -0.4 is 4.74 Å². The van der Waals surface area contributed by atoms with Crippen LogP contribution in [0.3, 0.4) is 0 Å². The van der Waals surface area contributed by atoms with Gasteiger partial charge in [-0.2, -0.15) is 0 Å². The molecule has 0 fully saturated rings. The first-order chi connectivity index (χ1) is 15.2. The highest BCUT2D eigenvalue weighted by Gasteiger charge is 2.18. The topological polar surface area (TPSA) is 96.0 Å². The summed E-state index contributed by atoms with van der Waals surface area (Å²) in [4.78, 5) is 15.0. The maximum Gasteiger partial charge on any atom is 0.273 e. The maximum absolute atomic E-state index is 11.3. The van der Waals surface area contributed by atoms with Gasteiger partial charge < -0.3 is 4.74 Å². The van der Waals surface area contributed by atoms with Gasteiger partial charge in [-0.3, -0.25) is 19.7 Å². The Labute approximate surface area is 183 Å². The van der Waals surface area contributed by atoms with Crippen LogP contribution in [0.4, 0.5) is 5.69 Å². The van der Waals surface area contributed by atoms with Crippen LogP contribution in [0.15, 0.2) is 78.2 Å². The van der Waals surface area contributed by atoms with Crippen molar-refractivity contribution in [2.24, 2.45) is 0 Å². The van der Waals surface area contributed by atoms with E-state index in [1.807, 2.05) is 47.9 Å². The zero-order chi connectivity index (χ0) is 21.6. The number of ether oxygens (including phenoxy) is 1. The number of nitrogens with zero attached hydrogens (tertiary/aromatic N) is 5. The minimum atomic E-state index is -0.366. The summed E-state index contributed by atoms with van der Waals surface area (Å²) in [5.74, 6) is 1.83.